The summed E-state index contributed by atoms with van der Waals surface area (Å²) in [5.41, 5.74) is 0.685. The number of hydrogen-bond donors (Lipinski definition) is 1. The van der Waals surface area contributed by atoms with Gasteiger partial charge in [0, 0.05) is 17.4 Å². The lowest BCUT2D eigenvalue weighted by atomic mass is 10.2. The Morgan fingerprint density at radius 1 is 1.18 bits per heavy atom. The van der Waals surface area contributed by atoms with Crippen molar-refractivity contribution in [1.29, 1.82) is 0 Å². The first-order valence-electron chi connectivity index (χ1n) is 5.44. The largest absolute Gasteiger partial charge is 0.326 e. The van der Waals surface area contributed by atoms with Gasteiger partial charge in [-0.05, 0) is 31.0 Å². The Hall–Kier alpha value is -0.250. The summed E-state index contributed by atoms with van der Waals surface area (Å²) in [5.74, 6) is 0.0120. The summed E-state index contributed by atoms with van der Waals surface area (Å²) in [6.45, 7) is 0. The van der Waals surface area contributed by atoms with Gasteiger partial charge >= 0.3 is 0 Å². The molecule has 0 spiro atoms. The molecule has 1 amide bonds. The Bertz CT molecular complexity index is 385. The molecule has 1 rings (SSSR count). The van der Waals surface area contributed by atoms with Gasteiger partial charge in [0.05, 0.1) is 10.0 Å². The zero-order valence-electron chi connectivity index (χ0n) is 9.31. The van der Waals surface area contributed by atoms with Crippen LogP contribution in [0.4, 0.5) is 5.69 Å². The number of rotatable bonds is 6. The normalized spacial score (nSPS) is 10.3. The molecule has 0 fully saturated rings. The predicted molar refractivity (Wildman–Crippen MR) is 77.4 cm³/mol. The van der Waals surface area contributed by atoms with Crippen molar-refractivity contribution in [3.8, 4) is 0 Å². The standard InChI is InChI=1S/C12H14BrCl2NO/c13-7-3-1-2-4-12(17)16-9-5-6-10(14)11(15)8-9/h5-6,8H,1-4,7H2,(H,16,17). The van der Waals surface area contributed by atoms with Gasteiger partial charge < -0.3 is 5.32 Å². The van der Waals surface area contributed by atoms with Crippen LogP contribution < -0.4 is 5.32 Å². The molecule has 0 radical (unpaired) electrons. The predicted octanol–water partition coefficient (Wildman–Crippen LogP) is 4.89. The highest BCUT2D eigenvalue weighted by Crippen LogP contribution is 2.25. The van der Waals surface area contributed by atoms with E-state index >= 15 is 0 Å². The molecule has 1 aromatic carbocycles. The fourth-order valence-electron chi connectivity index (χ4n) is 1.35. The first-order chi connectivity index (χ1) is 8.13. The van der Waals surface area contributed by atoms with E-state index in [-0.39, 0.29) is 5.91 Å². The maximum absolute atomic E-state index is 11.6. The lowest BCUT2D eigenvalue weighted by Gasteiger charge is -2.06. The number of anilines is 1. The third-order valence-corrected chi connectivity index (χ3v) is 3.54. The molecular formula is C12H14BrCl2NO. The molecule has 1 N–H and O–H groups in total. The number of amides is 1. The van der Waals surface area contributed by atoms with Gasteiger partial charge in [0.1, 0.15) is 0 Å². The van der Waals surface area contributed by atoms with Crippen LogP contribution in [0.3, 0.4) is 0 Å². The van der Waals surface area contributed by atoms with E-state index in [1.807, 2.05) is 0 Å². The molecule has 2 nitrogen and oxygen atoms in total. The minimum absolute atomic E-state index is 0.0120. The maximum atomic E-state index is 11.6. The molecule has 0 atom stereocenters. The van der Waals surface area contributed by atoms with Gasteiger partial charge in [0.25, 0.3) is 0 Å². The lowest BCUT2D eigenvalue weighted by molar-refractivity contribution is -0.116. The second kappa shape index (κ2) is 7.96. The van der Waals surface area contributed by atoms with E-state index in [1.165, 1.54) is 0 Å². The molecule has 0 saturated carbocycles. The Morgan fingerprint density at radius 2 is 1.94 bits per heavy atom. The monoisotopic (exact) mass is 337 g/mol. The topological polar surface area (TPSA) is 29.1 Å². The van der Waals surface area contributed by atoms with Crippen molar-refractivity contribution in [3.05, 3.63) is 28.2 Å². The van der Waals surface area contributed by atoms with Crippen molar-refractivity contribution in [2.45, 2.75) is 25.7 Å². The molecule has 5 heteroatoms. The summed E-state index contributed by atoms with van der Waals surface area (Å²) in [6, 6.07) is 5.06. The molecule has 94 valence electrons. The summed E-state index contributed by atoms with van der Waals surface area (Å²) < 4.78 is 0. The van der Waals surface area contributed by atoms with Crippen LogP contribution in [-0.4, -0.2) is 11.2 Å². The third kappa shape index (κ3) is 5.75. The third-order valence-electron chi connectivity index (χ3n) is 2.24. The number of carbonyl (C=O) groups is 1. The van der Waals surface area contributed by atoms with Crippen LogP contribution in [-0.2, 0) is 4.79 Å². The van der Waals surface area contributed by atoms with E-state index in [0.717, 1.165) is 24.6 Å². The van der Waals surface area contributed by atoms with Crippen molar-refractivity contribution < 1.29 is 4.79 Å². The lowest BCUT2D eigenvalue weighted by Crippen LogP contribution is -2.10. The highest BCUT2D eigenvalue weighted by molar-refractivity contribution is 9.09. The fraction of sp³-hybridized carbons (Fsp3) is 0.417. The van der Waals surface area contributed by atoms with Gasteiger partial charge in [-0.25, -0.2) is 0 Å². The van der Waals surface area contributed by atoms with E-state index in [9.17, 15) is 4.79 Å². The Labute approximate surface area is 120 Å². The second-order valence-electron chi connectivity index (χ2n) is 3.68. The number of hydrogen-bond acceptors (Lipinski definition) is 1. The molecule has 0 aliphatic heterocycles. The minimum Gasteiger partial charge on any atom is -0.326 e. The minimum atomic E-state index is 0.0120. The number of carbonyl (C=O) groups excluding carboxylic acids is 1. The van der Waals surface area contributed by atoms with E-state index < -0.39 is 0 Å². The number of halogens is 3. The molecule has 0 bridgehead atoms. The SMILES string of the molecule is O=C(CCCCCBr)Nc1ccc(Cl)c(Cl)c1. The van der Waals surface area contributed by atoms with Crippen molar-refractivity contribution in [2.75, 3.05) is 10.6 Å². The summed E-state index contributed by atoms with van der Waals surface area (Å²) in [4.78, 5) is 11.6. The smallest absolute Gasteiger partial charge is 0.224 e. The van der Waals surface area contributed by atoms with Crippen LogP contribution >= 0.6 is 39.1 Å². The van der Waals surface area contributed by atoms with E-state index in [2.05, 4.69) is 21.2 Å². The summed E-state index contributed by atoms with van der Waals surface area (Å²) in [6.07, 6.45) is 3.59. The summed E-state index contributed by atoms with van der Waals surface area (Å²) in [5, 5.41) is 4.72. The maximum Gasteiger partial charge on any atom is 0.224 e. The van der Waals surface area contributed by atoms with Crippen LogP contribution in [0.2, 0.25) is 10.0 Å². The molecule has 0 aliphatic carbocycles. The molecule has 0 aromatic heterocycles. The van der Waals surface area contributed by atoms with Crippen molar-refractivity contribution >= 4 is 50.7 Å². The summed E-state index contributed by atoms with van der Waals surface area (Å²) in [7, 11) is 0. The van der Waals surface area contributed by atoms with Gasteiger partial charge in [0.2, 0.25) is 5.91 Å². The summed E-state index contributed by atoms with van der Waals surface area (Å²) >= 11 is 15.0. The number of unbranched alkanes of at least 4 members (excludes halogenated alkanes) is 2. The zero-order chi connectivity index (χ0) is 12.7. The molecule has 0 heterocycles. The number of nitrogens with one attached hydrogen (secondary N) is 1. The van der Waals surface area contributed by atoms with Gasteiger partial charge in [-0.2, -0.15) is 0 Å². The van der Waals surface area contributed by atoms with Crippen LogP contribution in [0.15, 0.2) is 18.2 Å². The molecular weight excluding hydrogens is 325 g/mol. The van der Waals surface area contributed by atoms with Gasteiger partial charge in [-0.15, -0.1) is 0 Å². The number of benzene rings is 1. The van der Waals surface area contributed by atoms with Crippen LogP contribution in [0.1, 0.15) is 25.7 Å². The first-order valence-corrected chi connectivity index (χ1v) is 7.32. The fourth-order valence-corrected chi connectivity index (χ4v) is 2.05. The van der Waals surface area contributed by atoms with E-state index in [1.54, 1.807) is 18.2 Å². The van der Waals surface area contributed by atoms with Crippen molar-refractivity contribution in [2.24, 2.45) is 0 Å². The Kier molecular flexibility index (Phi) is 6.93. The zero-order valence-corrected chi connectivity index (χ0v) is 12.4. The second-order valence-corrected chi connectivity index (χ2v) is 5.28. The highest BCUT2D eigenvalue weighted by atomic mass is 79.9. The molecule has 1 aromatic rings. The molecule has 0 unspecified atom stereocenters. The van der Waals surface area contributed by atoms with Crippen molar-refractivity contribution in [1.82, 2.24) is 0 Å². The van der Waals surface area contributed by atoms with E-state index in [0.29, 0.717) is 22.2 Å². The molecule has 0 aliphatic rings. The van der Waals surface area contributed by atoms with Crippen LogP contribution in [0.5, 0.6) is 0 Å². The van der Waals surface area contributed by atoms with Crippen LogP contribution in [0.25, 0.3) is 0 Å². The Morgan fingerprint density at radius 3 is 2.59 bits per heavy atom. The van der Waals surface area contributed by atoms with Crippen molar-refractivity contribution in [3.63, 3.8) is 0 Å². The Balaban J connectivity index is 2.37. The van der Waals surface area contributed by atoms with Gasteiger partial charge in [-0.1, -0.05) is 45.6 Å². The number of alkyl halides is 1. The van der Waals surface area contributed by atoms with Gasteiger partial charge in [-0.3, -0.25) is 4.79 Å². The highest BCUT2D eigenvalue weighted by Gasteiger charge is 2.04. The first kappa shape index (κ1) is 14.8. The van der Waals surface area contributed by atoms with Crippen LogP contribution in [0, 0.1) is 0 Å². The quantitative estimate of drug-likeness (QED) is 0.580. The molecule has 17 heavy (non-hydrogen) atoms. The van der Waals surface area contributed by atoms with E-state index in [4.69, 9.17) is 23.2 Å². The molecule has 0 saturated heterocycles. The average molecular weight is 339 g/mol. The average Bonchev–Trinajstić information content (AvgIpc) is 2.30. The van der Waals surface area contributed by atoms with Gasteiger partial charge in [0.15, 0.2) is 0 Å².